The van der Waals surface area contributed by atoms with E-state index in [-0.39, 0.29) is 0 Å². The van der Waals surface area contributed by atoms with Crippen LogP contribution in [-0.2, 0) is 4.79 Å². The minimum absolute atomic E-state index is 0.302. The Morgan fingerprint density at radius 1 is 0.708 bits per heavy atom. The first-order chi connectivity index (χ1) is 11.7. The zero-order valence-electron chi connectivity index (χ0n) is 15.8. The van der Waals surface area contributed by atoms with Crippen LogP contribution in [-0.4, -0.2) is 11.1 Å². The number of aliphatic carboxylic acids is 1. The van der Waals surface area contributed by atoms with Gasteiger partial charge in [0.15, 0.2) is 0 Å². The number of hydrogen-bond donors (Lipinski definition) is 1. The van der Waals surface area contributed by atoms with E-state index in [9.17, 15) is 4.79 Å². The molecule has 2 heteroatoms. The van der Waals surface area contributed by atoms with Gasteiger partial charge in [0.05, 0.1) is 0 Å². The van der Waals surface area contributed by atoms with Crippen LogP contribution >= 0.6 is 0 Å². The molecule has 0 aliphatic carbocycles. The topological polar surface area (TPSA) is 37.3 Å². The Kier molecular flexibility index (Phi) is 15.6. The van der Waals surface area contributed by atoms with Gasteiger partial charge >= 0.3 is 5.97 Å². The van der Waals surface area contributed by atoms with Gasteiger partial charge in [-0.15, -0.1) is 0 Å². The van der Waals surface area contributed by atoms with E-state index >= 15 is 0 Å². The summed E-state index contributed by atoms with van der Waals surface area (Å²) in [6, 6.07) is 0. The standard InChI is InChI=1S/C22H38O2/c1-4-7-8-9-11-14-17-20(5-2)21(6-3)18-15-12-10-13-16-19-22(23)24/h5-6H,2-4,7-19H2,1H3,(H,23,24)/b21-20-. The van der Waals surface area contributed by atoms with Gasteiger partial charge in [-0.25, -0.2) is 0 Å². The van der Waals surface area contributed by atoms with Crippen molar-refractivity contribution in [3.8, 4) is 0 Å². The Bertz CT molecular complexity index is 379. The fraction of sp³-hybridized carbons (Fsp3) is 0.682. The fourth-order valence-corrected chi connectivity index (χ4v) is 3.01. The van der Waals surface area contributed by atoms with Crippen LogP contribution in [0.1, 0.15) is 96.8 Å². The molecule has 0 heterocycles. The van der Waals surface area contributed by atoms with Gasteiger partial charge in [0.1, 0.15) is 0 Å². The van der Waals surface area contributed by atoms with Crippen LogP contribution in [0.25, 0.3) is 0 Å². The average molecular weight is 335 g/mol. The number of hydrogen-bond acceptors (Lipinski definition) is 1. The van der Waals surface area contributed by atoms with Gasteiger partial charge in [-0.2, -0.15) is 0 Å². The molecule has 0 aromatic carbocycles. The second-order valence-electron chi connectivity index (χ2n) is 6.64. The van der Waals surface area contributed by atoms with Gasteiger partial charge in [0, 0.05) is 6.42 Å². The van der Waals surface area contributed by atoms with Crippen LogP contribution in [0, 0.1) is 0 Å². The third-order valence-electron chi connectivity index (χ3n) is 4.54. The molecule has 0 aromatic heterocycles. The highest BCUT2D eigenvalue weighted by molar-refractivity contribution is 5.66. The normalized spacial score (nSPS) is 11.9. The Balaban J connectivity index is 3.97. The molecule has 0 atom stereocenters. The average Bonchev–Trinajstić information content (AvgIpc) is 2.57. The Hall–Kier alpha value is -1.31. The molecular weight excluding hydrogens is 296 g/mol. The van der Waals surface area contributed by atoms with E-state index in [1.807, 2.05) is 12.2 Å². The molecule has 0 saturated heterocycles. The fourth-order valence-electron chi connectivity index (χ4n) is 3.01. The number of carboxylic acid groups (broad SMARTS) is 1. The maximum Gasteiger partial charge on any atom is 0.303 e. The number of unbranched alkanes of at least 4 members (excludes halogenated alkanes) is 9. The largest absolute Gasteiger partial charge is 0.481 e. The predicted molar refractivity (Wildman–Crippen MR) is 105 cm³/mol. The van der Waals surface area contributed by atoms with E-state index < -0.39 is 5.97 Å². The second kappa shape index (κ2) is 16.5. The molecule has 0 rings (SSSR count). The third kappa shape index (κ3) is 13.2. The lowest BCUT2D eigenvalue weighted by Gasteiger charge is -2.10. The first kappa shape index (κ1) is 22.7. The molecule has 0 aliphatic rings. The highest BCUT2D eigenvalue weighted by Crippen LogP contribution is 2.21. The van der Waals surface area contributed by atoms with Crippen LogP contribution in [0.15, 0.2) is 36.5 Å². The molecule has 24 heavy (non-hydrogen) atoms. The van der Waals surface area contributed by atoms with Crippen LogP contribution in [0.4, 0.5) is 0 Å². The highest BCUT2D eigenvalue weighted by Gasteiger charge is 2.02. The van der Waals surface area contributed by atoms with Gasteiger partial charge in [-0.05, 0) is 43.3 Å². The van der Waals surface area contributed by atoms with Gasteiger partial charge < -0.3 is 5.11 Å². The van der Waals surface area contributed by atoms with Crippen LogP contribution in [0.5, 0.6) is 0 Å². The predicted octanol–water partition coefficient (Wildman–Crippen LogP) is 7.22. The quantitative estimate of drug-likeness (QED) is 0.225. The molecule has 0 saturated carbocycles. The first-order valence-electron chi connectivity index (χ1n) is 9.84. The lowest BCUT2D eigenvalue weighted by atomic mass is 9.96. The molecule has 0 radical (unpaired) electrons. The third-order valence-corrected chi connectivity index (χ3v) is 4.54. The van der Waals surface area contributed by atoms with Crippen molar-refractivity contribution in [2.45, 2.75) is 96.8 Å². The summed E-state index contributed by atoms with van der Waals surface area (Å²) in [5, 5.41) is 8.61. The summed E-state index contributed by atoms with van der Waals surface area (Å²) < 4.78 is 0. The van der Waals surface area contributed by atoms with E-state index in [2.05, 4.69) is 20.1 Å². The van der Waals surface area contributed by atoms with Gasteiger partial charge in [-0.1, -0.05) is 83.6 Å². The molecule has 0 bridgehead atoms. The van der Waals surface area contributed by atoms with Gasteiger partial charge in [-0.3, -0.25) is 4.79 Å². The zero-order chi connectivity index (χ0) is 18.0. The number of carbonyl (C=O) groups is 1. The van der Waals surface area contributed by atoms with Crippen molar-refractivity contribution >= 4 is 5.97 Å². The summed E-state index contributed by atoms with van der Waals surface area (Å²) in [5.41, 5.74) is 2.72. The van der Waals surface area contributed by atoms with Crippen molar-refractivity contribution in [1.82, 2.24) is 0 Å². The van der Waals surface area contributed by atoms with E-state index in [0.717, 1.165) is 38.5 Å². The SMILES string of the molecule is C=C/C(CCCCCCCC)=C(\C=C)CCCCCCCC(=O)O. The second-order valence-corrected chi connectivity index (χ2v) is 6.64. The molecule has 0 spiro atoms. The van der Waals surface area contributed by atoms with Crippen molar-refractivity contribution in [1.29, 1.82) is 0 Å². The Morgan fingerprint density at radius 2 is 1.08 bits per heavy atom. The number of allylic oxidation sites excluding steroid dienone is 4. The van der Waals surface area contributed by atoms with Gasteiger partial charge in [0.2, 0.25) is 0 Å². The molecule has 0 aromatic rings. The summed E-state index contributed by atoms with van der Waals surface area (Å²) in [4.78, 5) is 10.5. The smallest absolute Gasteiger partial charge is 0.303 e. The molecule has 0 amide bonds. The lowest BCUT2D eigenvalue weighted by Crippen LogP contribution is -1.93. The van der Waals surface area contributed by atoms with Crippen molar-refractivity contribution in [3.05, 3.63) is 36.5 Å². The lowest BCUT2D eigenvalue weighted by molar-refractivity contribution is -0.137. The van der Waals surface area contributed by atoms with E-state index in [0.29, 0.717) is 6.42 Å². The number of carboxylic acids is 1. The minimum Gasteiger partial charge on any atom is -0.481 e. The summed E-state index contributed by atoms with van der Waals surface area (Å²) >= 11 is 0. The van der Waals surface area contributed by atoms with E-state index in [4.69, 9.17) is 5.11 Å². The zero-order valence-corrected chi connectivity index (χ0v) is 15.8. The molecule has 138 valence electrons. The molecule has 2 nitrogen and oxygen atoms in total. The number of rotatable bonds is 17. The molecule has 0 aliphatic heterocycles. The van der Waals surface area contributed by atoms with Crippen LogP contribution < -0.4 is 0 Å². The van der Waals surface area contributed by atoms with Crippen molar-refractivity contribution in [2.24, 2.45) is 0 Å². The highest BCUT2D eigenvalue weighted by atomic mass is 16.4. The van der Waals surface area contributed by atoms with E-state index in [1.165, 1.54) is 56.1 Å². The molecular formula is C22H38O2. The summed E-state index contributed by atoms with van der Waals surface area (Å²) in [5.74, 6) is -0.683. The Morgan fingerprint density at radius 3 is 1.46 bits per heavy atom. The van der Waals surface area contributed by atoms with Crippen LogP contribution in [0.2, 0.25) is 0 Å². The maximum atomic E-state index is 10.5. The molecule has 0 fully saturated rings. The minimum atomic E-state index is -0.683. The van der Waals surface area contributed by atoms with Crippen molar-refractivity contribution < 1.29 is 9.90 Å². The van der Waals surface area contributed by atoms with Gasteiger partial charge in [0.25, 0.3) is 0 Å². The monoisotopic (exact) mass is 334 g/mol. The van der Waals surface area contributed by atoms with Crippen molar-refractivity contribution in [2.75, 3.05) is 0 Å². The Labute approximate surface area is 149 Å². The van der Waals surface area contributed by atoms with Crippen molar-refractivity contribution in [3.63, 3.8) is 0 Å². The van der Waals surface area contributed by atoms with E-state index in [1.54, 1.807) is 0 Å². The van der Waals surface area contributed by atoms with Crippen LogP contribution in [0.3, 0.4) is 0 Å². The summed E-state index contributed by atoms with van der Waals surface area (Å²) in [7, 11) is 0. The summed E-state index contributed by atoms with van der Waals surface area (Å²) in [6.07, 6.45) is 19.7. The maximum absolute atomic E-state index is 10.5. The molecule has 1 N–H and O–H groups in total. The summed E-state index contributed by atoms with van der Waals surface area (Å²) in [6.45, 7) is 10.2. The first-order valence-corrected chi connectivity index (χ1v) is 9.84. The molecule has 0 unspecified atom stereocenters.